The molecular formula is C13H11ClN2O3S2. The van der Waals surface area contributed by atoms with E-state index in [1.54, 1.807) is 12.1 Å². The Morgan fingerprint density at radius 3 is 2.67 bits per heavy atom. The normalized spacial score (nSPS) is 10.3. The summed E-state index contributed by atoms with van der Waals surface area (Å²) in [6.07, 6.45) is 0. The maximum absolute atomic E-state index is 11.6. The molecule has 0 fully saturated rings. The lowest BCUT2D eigenvalue weighted by molar-refractivity contribution is -0.133. The van der Waals surface area contributed by atoms with Crippen LogP contribution in [0.1, 0.15) is 0 Å². The molecule has 2 aromatic rings. The van der Waals surface area contributed by atoms with E-state index in [1.165, 1.54) is 11.3 Å². The molecule has 110 valence electrons. The summed E-state index contributed by atoms with van der Waals surface area (Å²) in [6, 6.07) is 7.26. The Morgan fingerprint density at radius 1 is 1.29 bits per heavy atom. The predicted octanol–water partition coefficient (Wildman–Crippen LogP) is 3.22. The number of halogens is 1. The lowest BCUT2D eigenvalue weighted by Gasteiger charge is -2.00. The van der Waals surface area contributed by atoms with Gasteiger partial charge in [0, 0.05) is 16.0 Å². The Labute approximate surface area is 134 Å². The number of carboxylic acids is 1. The topological polar surface area (TPSA) is 79.3 Å². The van der Waals surface area contributed by atoms with Gasteiger partial charge < -0.3 is 10.4 Å². The Morgan fingerprint density at radius 2 is 2.00 bits per heavy atom. The smallest absolute Gasteiger partial charge is 0.313 e. The fraction of sp³-hybridized carbons (Fsp3) is 0.154. The maximum atomic E-state index is 11.6. The molecule has 0 unspecified atom stereocenters. The van der Waals surface area contributed by atoms with Crippen LogP contribution in [0.25, 0.3) is 11.3 Å². The average Bonchev–Trinajstić information content (AvgIpc) is 2.87. The SMILES string of the molecule is O=C(O)CSCC(=O)Nc1nc(-c2ccc(Cl)cc2)cs1. The van der Waals surface area contributed by atoms with Crippen molar-refractivity contribution in [2.75, 3.05) is 16.8 Å². The van der Waals surface area contributed by atoms with Crippen LogP contribution in [-0.4, -0.2) is 33.5 Å². The van der Waals surface area contributed by atoms with Gasteiger partial charge in [-0.1, -0.05) is 23.7 Å². The van der Waals surface area contributed by atoms with E-state index in [9.17, 15) is 9.59 Å². The second-order valence-corrected chi connectivity index (χ2v) is 6.26. The number of benzene rings is 1. The van der Waals surface area contributed by atoms with Crippen molar-refractivity contribution in [3.63, 3.8) is 0 Å². The van der Waals surface area contributed by atoms with Crippen LogP contribution >= 0.6 is 34.7 Å². The third-order valence-electron chi connectivity index (χ3n) is 2.35. The summed E-state index contributed by atoms with van der Waals surface area (Å²) in [5, 5.41) is 14.1. The van der Waals surface area contributed by atoms with Gasteiger partial charge in [0.05, 0.1) is 17.2 Å². The number of nitrogens with one attached hydrogen (secondary N) is 1. The first-order chi connectivity index (χ1) is 10.0. The van der Waals surface area contributed by atoms with Crippen LogP contribution in [-0.2, 0) is 9.59 Å². The van der Waals surface area contributed by atoms with Crippen molar-refractivity contribution in [1.29, 1.82) is 0 Å². The predicted molar refractivity (Wildman–Crippen MR) is 86.2 cm³/mol. The van der Waals surface area contributed by atoms with Gasteiger partial charge in [-0.25, -0.2) is 4.98 Å². The lowest BCUT2D eigenvalue weighted by atomic mass is 10.2. The highest BCUT2D eigenvalue weighted by atomic mass is 35.5. The van der Waals surface area contributed by atoms with Crippen LogP contribution in [0.3, 0.4) is 0 Å². The number of thioether (sulfide) groups is 1. The molecule has 0 saturated carbocycles. The Hall–Kier alpha value is -1.57. The molecule has 1 aromatic carbocycles. The highest BCUT2D eigenvalue weighted by Gasteiger charge is 2.09. The van der Waals surface area contributed by atoms with Crippen molar-refractivity contribution >= 4 is 51.7 Å². The van der Waals surface area contributed by atoms with E-state index < -0.39 is 5.97 Å². The number of hydrogen-bond acceptors (Lipinski definition) is 5. The van der Waals surface area contributed by atoms with Crippen molar-refractivity contribution < 1.29 is 14.7 Å². The van der Waals surface area contributed by atoms with Crippen LogP contribution in [0.15, 0.2) is 29.6 Å². The first-order valence-electron chi connectivity index (χ1n) is 5.85. The van der Waals surface area contributed by atoms with Crippen LogP contribution in [0.4, 0.5) is 5.13 Å². The van der Waals surface area contributed by atoms with Gasteiger partial charge in [-0.2, -0.15) is 0 Å². The molecule has 0 aliphatic carbocycles. The molecule has 0 spiro atoms. The van der Waals surface area contributed by atoms with Gasteiger partial charge in [0.15, 0.2) is 5.13 Å². The number of aliphatic carboxylic acids is 1. The van der Waals surface area contributed by atoms with Crippen molar-refractivity contribution in [2.24, 2.45) is 0 Å². The number of carbonyl (C=O) groups is 2. The number of rotatable bonds is 6. The standard InChI is InChI=1S/C13H11ClN2O3S2/c14-9-3-1-8(2-4-9)10-5-21-13(15-10)16-11(17)6-20-7-12(18)19/h1-5H,6-7H2,(H,18,19)(H,15,16,17). The van der Waals surface area contributed by atoms with Crippen LogP contribution in [0.5, 0.6) is 0 Å². The molecule has 0 aliphatic rings. The van der Waals surface area contributed by atoms with Crippen molar-refractivity contribution in [2.45, 2.75) is 0 Å². The van der Waals surface area contributed by atoms with E-state index in [1.807, 2.05) is 17.5 Å². The van der Waals surface area contributed by atoms with Gasteiger partial charge >= 0.3 is 5.97 Å². The number of carbonyl (C=O) groups excluding carboxylic acids is 1. The summed E-state index contributed by atoms with van der Waals surface area (Å²) in [6.45, 7) is 0. The molecular weight excluding hydrogens is 332 g/mol. The molecule has 0 bridgehead atoms. The zero-order valence-electron chi connectivity index (χ0n) is 10.7. The monoisotopic (exact) mass is 342 g/mol. The highest BCUT2D eigenvalue weighted by Crippen LogP contribution is 2.26. The van der Waals surface area contributed by atoms with Crippen LogP contribution in [0, 0.1) is 0 Å². The molecule has 21 heavy (non-hydrogen) atoms. The maximum Gasteiger partial charge on any atom is 0.313 e. The van der Waals surface area contributed by atoms with E-state index >= 15 is 0 Å². The number of carboxylic acid groups (broad SMARTS) is 1. The fourth-order valence-corrected chi connectivity index (χ4v) is 2.87. The van der Waals surface area contributed by atoms with E-state index in [0.717, 1.165) is 23.0 Å². The molecule has 0 radical (unpaired) electrons. The van der Waals surface area contributed by atoms with Gasteiger partial charge in [-0.15, -0.1) is 23.1 Å². The zero-order chi connectivity index (χ0) is 15.2. The van der Waals surface area contributed by atoms with E-state index in [2.05, 4.69) is 10.3 Å². The third-order valence-corrected chi connectivity index (χ3v) is 4.28. The largest absolute Gasteiger partial charge is 0.481 e. The van der Waals surface area contributed by atoms with E-state index in [4.69, 9.17) is 16.7 Å². The second-order valence-electron chi connectivity index (χ2n) is 3.98. The number of thiazole rings is 1. The second kappa shape index (κ2) is 7.44. The summed E-state index contributed by atoms with van der Waals surface area (Å²) in [5.41, 5.74) is 1.67. The Balaban J connectivity index is 1.92. The molecule has 5 nitrogen and oxygen atoms in total. The minimum atomic E-state index is -0.938. The van der Waals surface area contributed by atoms with Gasteiger partial charge in [-0.05, 0) is 12.1 Å². The summed E-state index contributed by atoms with van der Waals surface area (Å²) in [5.74, 6) is -1.21. The number of anilines is 1. The van der Waals surface area contributed by atoms with Gasteiger partial charge in [0.1, 0.15) is 0 Å². The summed E-state index contributed by atoms with van der Waals surface area (Å²) >= 11 is 8.18. The Bertz CT molecular complexity index is 643. The van der Waals surface area contributed by atoms with Crippen molar-refractivity contribution in [3.05, 3.63) is 34.7 Å². The molecule has 1 heterocycles. The number of nitrogens with zero attached hydrogens (tertiary/aromatic N) is 1. The van der Waals surface area contributed by atoms with Crippen molar-refractivity contribution in [1.82, 2.24) is 4.98 Å². The minimum absolute atomic E-state index is 0.0855. The molecule has 1 aromatic heterocycles. The summed E-state index contributed by atoms with van der Waals surface area (Å²) in [7, 11) is 0. The molecule has 1 amide bonds. The molecule has 0 saturated heterocycles. The summed E-state index contributed by atoms with van der Waals surface area (Å²) in [4.78, 5) is 26.3. The summed E-state index contributed by atoms with van der Waals surface area (Å²) < 4.78 is 0. The van der Waals surface area contributed by atoms with E-state index in [0.29, 0.717) is 10.2 Å². The van der Waals surface area contributed by atoms with E-state index in [-0.39, 0.29) is 17.4 Å². The highest BCUT2D eigenvalue weighted by molar-refractivity contribution is 8.00. The minimum Gasteiger partial charge on any atom is -0.481 e. The molecule has 0 atom stereocenters. The average molecular weight is 343 g/mol. The lowest BCUT2D eigenvalue weighted by Crippen LogP contribution is -2.15. The fourth-order valence-electron chi connectivity index (χ4n) is 1.47. The van der Waals surface area contributed by atoms with Gasteiger partial charge in [0.2, 0.25) is 5.91 Å². The molecule has 8 heteroatoms. The number of amides is 1. The quantitative estimate of drug-likeness (QED) is 0.842. The molecule has 2 rings (SSSR count). The number of aromatic nitrogens is 1. The molecule has 2 N–H and O–H groups in total. The first kappa shape index (κ1) is 15.8. The number of hydrogen-bond donors (Lipinski definition) is 2. The molecule has 0 aliphatic heterocycles. The first-order valence-corrected chi connectivity index (χ1v) is 8.26. The van der Waals surface area contributed by atoms with Gasteiger partial charge in [0.25, 0.3) is 0 Å². The Kier molecular flexibility index (Phi) is 5.60. The zero-order valence-corrected chi connectivity index (χ0v) is 13.1. The van der Waals surface area contributed by atoms with Gasteiger partial charge in [-0.3, -0.25) is 9.59 Å². The third kappa shape index (κ3) is 5.04. The van der Waals surface area contributed by atoms with Crippen LogP contribution in [0.2, 0.25) is 5.02 Å². The van der Waals surface area contributed by atoms with Crippen LogP contribution < -0.4 is 5.32 Å². The van der Waals surface area contributed by atoms with Crippen molar-refractivity contribution in [3.8, 4) is 11.3 Å².